The highest BCUT2D eigenvalue weighted by atomic mass is 16.1. The Labute approximate surface area is 101 Å². The molecular formula is C15H15NO. The molecule has 0 saturated carbocycles. The highest BCUT2D eigenvalue weighted by molar-refractivity contribution is 6.09. The summed E-state index contributed by atoms with van der Waals surface area (Å²) in [5.41, 5.74) is 3.53. The molecule has 2 heteroatoms. The molecule has 0 atom stereocenters. The standard InChI is InChI=1S/C15H15NO/c1-3-12-6-4-5-7-14(12)15(17)13-8-11(2)9-16-10-13/h4-10H,3H2,1-2H3. The molecule has 86 valence electrons. The number of ketones is 1. The van der Waals surface area contributed by atoms with Crippen LogP contribution in [-0.2, 0) is 6.42 Å². The molecule has 0 saturated heterocycles. The molecule has 0 N–H and O–H groups in total. The Kier molecular flexibility index (Phi) is 3.33. The minimum absolute atomic E-state index is 0.0543. The number of aromatic nitrogens is 1. The summed E-state index contributed by atoms with van der Waals surface area (Å²) in [5.74, 6) is 0.0543. The Morgan fingerprint density at radius 3 is 2.71 bits per heavy atom. The van der Waals surface area contributed by atoms with E-state index in [9.17, 15) is 4.79 Å². The van der Waals surface area contributed by atoms with Gasteiger partial charge in [0.2, 0.25) is 0 Å². The van der Waals surface area contributed by atoms with Crippen LogP contribution in [0.25, 0.3) is 0 Å². The molecule has 0 spiro atoms. The lowest BCUT2D eigenvalue weighted by atomic mass is 9.97. The first-order valence-corrected chi connectivity index (χ1v) is 5.76. The van der Waals surface area contributed by atoms with Crippen LogP contribution in [0, 0.1) is 6.92 Å². The average molecular weight is 225 g/mol. The molecule has 0 amide bonds. The Morgan fingerprint density at radius 1 is 1.24 bits per heavy atom. The maximum Gasteiger partial charge on any atom is 0.194 e. The van der Waals surface area contributed by atoms with Gasteiger partial charge in [-0.25, -0.2) is 0 Å². The van der Waals surface area contributed by atoms with Gasteiger partial charge in [-0.05, 0) is 30.5 Å². The van der Waals surface area contributed by atoms with Crippen LogP contribution in [0.2, 0.25) is 0 Å². The van der Waals surface area contributed by atoms with Gasteiger partial charge in [0.25, 0.3) is 0 Å². The van der Waals surface area contributed by atoms with Crippen LogP contribution in [0.1, 0.15) is 34.0 Å². The lowest BCUT2D eigenvalue weighted by Crippen LogP contribution is -2.05. The quantitative estimate of drug-likeness (QED) is 0.751. The van der Waals surface area contributed by atoms with Gasteiger partial charge < -0.3 is 0 Å². The van der Waals surface area contributed by atoms with Crippen molar-refractivity contribution in [3.05, 3.63) is 65.0 Å². The number of hydrogen-bond donors (Lipinski definition) is 0. The van der Waals surface area contributed by atoms with E-state index in [1.54, 1.807) is 12.4 Å². The molecular weight excluding hydrogens is 210 g/mol. The van der Waals surface area contributed by atoms with Gasteiger partial charge in [-0.3, -0.25) is 9.78 Å². The van der Waals surface area contributed by atoms with Gasteiger partial charge in [0, 0.05) is 23.5 Å². The number of carbonyl (C=O) groups is 1. The Morgan fingerprint density at radius 2 is 2.00 bits per heavy atom. The van der Waals surface area contributed by atoms with Gasteiger partial charge in [0.1, 0.15) is 0 Å². The summed E-state index contributed by atoms with van der Waals surface area (Å²) in [6.07, 6.45) is 4.24. The van der Waals surface area contributed by atoms with Gasteiger partial charge in [0.05, 0.1) is 0 Å². The van der Waals surface area contributed by atoms with E-state index >= 15 is 0 Å². The molecule has 2 aromatic rings. The highest BCUT2D eigenvalue weighted by Gasteiger charge is 2.12. The van der Waals surface area contributed by atoms with E-state index in [2.05, 4.69) is 11.9 Å². The Balaban J connectivity index is 2.44. The molecule has 0 aliphatic carbocycles. The molecule has 1 aromatic heterocycles. The fourth-order valence-electron chi connectivity index (χ4n) is 1.88. The summed E-state index contributed by atoms with van der Waals surface area (Å²) in [6.45, 7) is 4.00. The predicted molar refractivity (Wildman–Crippen MR) is 68.2 cm³/mol. The first kappa shape index (κ1) is 11.5. The van der Waals surface area contributed by atoms with Crippen molar-refractivity contribution in [1.29, 1.82) is 0 Å². The zero-order valence-corrected chi connectivity index (χ0v) is 10.1. The van der Waals surface area contributed by atoms with E-state index in [1.807, 2.05) is 37.3 Å². The zero-order valence-electron chi connectivity index (χ0n) is 10.1. The van der Waals surface area contributed by atoms with Gasteiger partial charge in [0.15, 0.2) is 5.78 Å². The van der Waals surface area contributed by atoms with Crippen LogP contribution in [0.3, 0.4) is 0 Å². The van der Waals surface area contributed by atoms with Crippen LogP contribution < -0.4 is 0 Å². The summed E-state index contributed by atoms with van der Waals surface area (Å²) in [5, 5.41) is 0. The number of hydrogen-bond acceptors (Lipinski definition) is 2. The Hall–Kier alpha value is -1.96. The van der Waals surface area contributed by atoms with Crippen molar-refractivity contribution in [3.8, 4) is 0 Å². The third-order valence-electron chi connectivity index (χ3n) is 2.78. The molecule has 1 aromatic carbocycles. The van der Waals surface area contributed by atoms with E-state index in [4.69, 9.17) is 0 Å². The minimum Gasteiger partial charge on any atom is -0.289 e. The number of carbonyl (C=O) groups excluding carboxylic acids is 1. The molecule has 1 heterocycles. The molecule has 2 rings (SSSR count). The van der Waals surface area contributed by atoms with Crippen molar-refractivity contribution >= 4 is 5.78 Å². The smallest absolute Gasteiger partial charge is 0.194 e. The largest absolute Gasteiger partial charge is 0.289 e. The van der Waals surface area contributed by atoms with E-state index in [0.29, 0.717) is 5.56 Å². The van der Waals surface area contributed by atoms with Crippen LogP contribution >= 0.6 is 0 Å². The van der Waals surface area contributed by atoms with E-state index in [1.165, 1.54) is 0 Å². The van der Waals surface area contributed by atoms with Gasteiger partial charge in [-0.2, -0.15) is 0 Å². The fourth-order valence-corrected chi connectivity index (χ4v) is 1.88. The van der Waals surface area contributed by atoms with Crippen molar-refractivity contribution in [2.75, 3.05) is 0 Å². The van der Waals surface area contributed by atoms with Gasteiger partial charge in [-0.15, -0.1) is 0 Å². The molecule has 2 nitrogen and oxygen atoms in total. The summed E-state index contributed by atoms with van der Waals surface area (Å²) in [7, 11) is 0. The number of pyridine rings is 1. The molecule has 17 heavy (non-hydrogen) atoms. The second-order valence-corrected chi connectivity index (χ2v) is 4.09. The van der Waals surface area contributed by atoms with E-state index in [-0.39, 0.29) is 5.78 Å². The van der Waals surface area contributed by atoms with Crippen molar-refractivity contribution in [2.45, 2.75) is 20.3 Å². The third-order valence-corrected chi connectivity index (χ3v) is 2.78. The van der Waals surface area contributed by atoms with Crippen molar-refractivity contribution in [2.24, 2.45) is 0 Å². The van der Waals surface area contributed by atoms with Crippen LogP contribution in [-0.4, -0.2) is 10.8 Å². The van der Waals surface area contributed by atoms with Crippen LogP contribution in [0.15, 0.2) is 42.7 Å². The summed E-state index contributed by atoms with van der Waals surface area (Å²) in [6, 6.07) is 9.61. The predicted octanol–water partition coefficient (Wildman–Crippen LogP) is 3.18. The molecule has 0 fully saturated rings. The van der Waals surface area contributed by atoms with Crippen molar-refractivity contribution in [3.63, 3.8) is 0 Å². The maximum absolute atomic E-state index is 12.3. The molecule has 0 aliphatic heterocycles. The number of benzene rings is 1. The normalized spacial score (nSPS) is 10.2. The van der Waals surface area contributed by atoms with Crippen molar-refractivity contribution in [1.82, 2.24) is 4.98 Å². The summed E-state index contributed by atoms with van der Waals surface area (Å²) in [4.78, 5) is 16.4. The van der Waals surface area contributed by atoms with Gasteiger partial charge in [-0.1, -0.05) is 31.2 Å². The molecule has 0 unspecified atom stereocenters. The molecule has 0 aliphatic rings. The van der Waals surface area contributed by atoms with Gasteiger partial charge >= 0.3 is 0 Å². The second kappa shape index (κ2) is 4.91. The van der Waals surface area contributed by atoms with Crippen LogP contribution in [0.5, 0.6) is 0 Å². The second-order valence-electron chi connectivity index (χ2n) is 4.09. The Bertz CT molecular complexity index is 546. The summed E-state index contributed by atoms with van der Waals surface area (Å²) >= 11 is 0. The number of rotatable bonds is 3. The maximum atomic E-state index is 12.3. The lowest BCUT2D eigenvalue weighted by molar-refractivity contribution is 0.103. The monoisotopic (exact) mass is 225 g/mol. The zero-order chi connectivity index (χ0) is 12.3. The average Bonchev–Trinajstić information content (AvgIpc) is 2.38. The van der Waals surface area contributed by atoms with E-state index < -0.39 is 0 Å². The molecule has 0 bridgehead atoms. The topological polar surface area (TPSA) is 30.0 Å². The SMILES string of the molecule is CCc1ccccc1C(=O)c1cncc(C)c1. The molecule has 0 radical (unpaired) electrons. The van der Waals surface area contributed by atoms with Crippen LogP contribution in [0.4, 0.5) is 0 Å². The van der Waals surface area contributed by atoms with E-state index in [0.717, 1.165) is 23.1 Å². The highest BCUT2D eigenvalue weighted by Crippen LogP contribution is 2.15. The number of aryl methyl sites for hydroxylation is 2. The minimum atomic E-state index is 0.0543. The number of nitrogens with zero attached hydrogens (tertiary/aromatic N) is 1. The lowest BCUT2D eigenvalue weighted by Gasteiger charge is -2.06. The first-order chi connectivity index (χ1) is 8.22. The van der Waals surface area contributed by atoms with Crippen molar-refractivity contribution < 1.29 is 4.79 Å². The third kappa shape index (κ3) is 2.41. The first-order valence-electron chi connectivity index (χ1n) is 5.76. The fraction of sp³-hybridized carbons (Fsp3) is 0.200. The summed E-state index contributed by atoms with van der Waals surface area (Å²) < 4.78 is 0.